The minimum atomic E-state index is 0.350. The van der Waals surface area contributed by atoms with E-state index in [1.165, 1.54) is 0 Å². The lowest BCUT2D eigenvalue weighted by molar-refractivity contribution is 0.416. The number of benzene rings is 2. The van der Waals surface area contributed by atoms with Gasteiger partial charge >= 0.3 is 0 Å². The fourth-order valence-corrected chi connectivity index (χ4v) is 3.32. The number of nitrogens with zero attached hydrogens (tertiary/aromatic N) is 5. The van der Waals surface area contributed by atoms with Crippen molar-refractivity contribution < 1.29 is 4.74 Å². The van der Waals surface area contributed by atoms with Crippen molar-refractivity contribution in [3.63, 3.8) is 0 Å². The second-order valence-electron chi connectivity index (χ2n) is 7.29. The Balaban J connectivity index is 1.72. The van der Waals surface area contributed by atoms with Crippen molar-refractivity contribution in [3.05, 3.63) is 65.0 Å². The second-order valence-corrected chi connectivity index (χ2v) is 7.29. The van der Waals surface area contributed by atoms with Crippen LogP contribution in [0.1, 0.15) is 23.6 Å². The van der Waals surface area contributed by atoms with E-state index in [1.54, 1.807) is 50.7 Å². The van der Waals surface area contributed by atoms with Crippen LogP contribution in [0.5, 0.6) is 5.75 Å². The lowest BCUT2D eigenvalue weighted by atomic mass is 10.1. The van der Waals surface area contributed by atoms with Crippen LogP contribution in [0.2, 0.25) is 0 Å². The highest BCUT2D eigenvalue weighted by Crippen LogP contribution is 2.34. The summed E-state index contributed by atoms with van der Waals surface area (Å²) in [6, 6.07) is 15.0. The fourth-order valence-electron chi connectivity index (χ4n) is 3.32. The molecular weight excluding hydrogens is 416 g/mol. The van der Waals surface area contributed by atoms with Crippen LogP contribution in [-0.4, -0.2) is 27.0 Å². The van der Waals surface area contributed by atoms with Gasteiger partial charge in [-0.1, -0.05) is 0 Å². The van der Waals surface area contributed by atoms with Crippen molar-refractivity contribution in [2.45, 2.75) is 13.8 Å². The van der Waals surface area contributed by atoms with Crippen LogP contribution in [0.3, 0.4) is 0 Å². The summed E-state index contributed by atoms with van der Waals surface area (Å²) in [5.74, 6) is 1.48. The number of ether oxygens (including phenoxy) is 1. The summed E-state index contributed by atoms with van der Waals surface area (Å²) in [7, 11) is 1.59. The summed E-state index contributed by atoms with van der Waals surface area (Å²) in [5, 5.41) is 24.6. The van der Waals surface area contributed by atoms with E-state index in [4.69, 9.17) is 15.3 Å². The zero-order valence-corrected chi connectivity index (χ0v) is 18.3. The predicted molar refractivity (Wildman–Crippen MR) is 126 cm³/mol. The van der Waals surface area contributed by atoms with Crippen molar-refractivity contribution in [2.24, 2.45) is 0 Å². The average Bonchev–Trinajstić information content (AvgIpc) is 3.30. The molecule has 9 nitrogen and oxygen atoms in total. The number of hydrogen-bond donors (Lipinski definition) is 3. The van der Waals surface area contributed by atoms with Crippen LogP contribution < -0.4 is 15.4 Å². The molecule has 2 heterocycles. The van der Waals surface area contributed by atoms with E-state index >= 15 is 0 Å². The van der Waals surface area contributed by atoms with Gasteiger partial charge in [-0.2, -0.15) is 20.5 Å². The lowest BCUT2D eigenvalue weighted by Gasteiger charge is -2.16. The Labute approximate surface area is 190 Å². The summed E-state index contributed by atoms with van der Waals surface area (Å²) in [6.07, 6.45) is 3.36. The van der Waals surface area contributed by atoms with Crippen LogP contribution in [0.15, 0.2) is 48.3 Å². The predicted octanol–water partition coefficient (Wildman–Crippen LogP) is 4.96. The molecular formula is C24H20N8O. The Morgan fingerprint density at radius 1 is 1.12 bits per heavy atom. The summed E-state index contributed by atoms with van der Waals surface area (Å²) in [6.45, 7) is 3.71. The van der Waals surface area contributed by atoms with Gasteiger partial charge in [0, 0.05) is 11.3 Å². The van der Waals surface area contributed by atoms with Crippen LogP contribution in [0.4, 0.5) is 23.1 Å². The smallest absolute Gasteiger partial charge is 0.231 e. The van der Waals surface area contributed by atoms with E-state index in [2.05, 4.69) is 42.7 Å². The number of aromatic amines is 1. The number of nitriles is 2. The molecule has 0 aliphatic carbocycles. The molecule has 0 aliphatic rings. The molecule has 0 saturated carbocycles. The van der Waals surface area contributed by atoms with Crippen LogP contribution >= 0.6 is 0 Å². The molecule has 3 N–H and O–H groups in total. The third kappa shape index (κ3) is 4.58. The van der Waals surface area contributed by atoms with E-state index in [1.807, 2.05) is 19.1 Å². The van der Waals surface area contributed by atoms with E-state index < -0.39 is 0 Å². The van der Waals surface area contributed by atoms with Crippen LogP contribution in [-0.2, 0) is 0 Å². The molecule has 0 unspecified atom stereocenters. The molecule has 0 fully saturated rings. The number of anilines is 4. The molecule has 2 aromatic carbocycles. The lowest BCUT2D eigenvalue weighted by Crippen LogP contribution is -2.04. The number of allylic oxidation sites excluding steroid dienone is 1. The number of nitrogens with one attached hydrogen (secondary N) is 3. The van der Waals surface area contributed by atoms with Crippen molar-refractivity contribution in [1.82, 2.24) is 19.9 Å². The van der Waals surface area contributed by atoms with Gasteiger partial charge in [0.25, 0.3) is 0 Å². The SMILES string of the molecule is COc1cc(/C=C(\C)C#N)cc(C)c1Nc1nc(Nc2ccc(C#N)cc2)nc2nc[nH]c12. The number of hydrogen-bond acceptors (Lipinski definition) is 8. The first-order chi connectivity index (χ1) is 16.0. The first kappa shape index (κ1) is 21.3. The summed E-state index contributed by atoms with van der Waals surface area (Å²) in [5.41, 5.74) is 5.57. The maximum Gasteiger partial charge on any atom is 0.231 e. The van der Waals surface area contributed by atoms with Crippen molar-refractivity contribution in [2.75, 3.05) is 17.7 Å². The minimum absolute atomic E-state index is 0.350. The number of methoxy groups -OCH3 is 1. The van der Waals surface area contributed by atoms with Crippen molar-refractivity contribution in [3.8, 4) is 17.9 Å². The van der Waals surface area contributed by atoms with E-state index in [-0.39, 0.29) is 0 Å². The third-order valence-electron chi connectivity index (χ3n) is 4.90. The quantitative estimate of drug-likeness (QED) is 0.361. The first-order valence-electron chi connectivity index (χ1n) is 10.0. The molecule has 0 amide bonds. The standard InChI is InChI=1S/C24H20N8O/c1-14(11-25)8-17-9-15(2)20(19(10-17)33-3)30-23-21-22(28-13-27-21)31-24(32-23)29-18-6-4-16(12-26)5-7-18/h4-10,13H,1-3H3,(H3,27,28,29,30,31,32)/b14-8+. The third-order valence-corrected chi connectivity index (χ3v) is 4.90. The number of rotatable bonds is 6. The van der Waals surface area contributed by atoms with Gasteiger partial charge in [-0.25, -0.2) is 4.98 Å². The van der Waals surface area contributed by atoms with Gasteiger partial charge < -0.3 is 20.4 Å². The molecule has 33 heavy (non-hydrogen) atoms. The van der Waals surface area contributed by atoms with Gasteiger partial charge in [0.2, 0.25) is 5.95 Å². The number of aromatic nitrogens is 4. The molecule has 0 saturated heterocycles. The average molecular weight is 436 g/mol. The molecule has 0 bridgehead atoms. The zero-order chi connectivity index (χ0) is 23.4. The Bertz CT molecular complexity index is 1440. The van der Waals surface area contributed by atoms with Crippen LogP contribution in [0, 0.1) is 29.6 Å². The highest BCUT2D eigenvalue weighted by molar-refractivity contribution is 5.88. The molecule has 0 atom stereocenters. The molecule has 9 heteroatoms. The molecule has 4 aromatic rings. The Hall–Kier alpha value is -4.89. The highest BCUT2D eigenvalue weighted by atomic mass is 16.5. The van der Waals surface area contributed by atoms with Crippen molar-refractivity contribution >= 4 is 40.4 Å². The van der Waals surface area contributed by atoms with E-state index in [0.717, 1.165) is 22.5 Å². The van der Waals surface area contributed by atoms with Gasteiger partial charge in [-0.05, 0) is 67.4 Å². The van der Waals surface area contributed by atoms with Crippen molar-refractivity contribution in [1.29, 1.82) is 10.5 Å². The normalized spacial score (nSPS) is 11.0. The topological polar surface area (TPSA) is 135 Å². The van der Waals surface area contributed by atoms with Gasteiger partial charge in [0.1, 0.15) is 11.3 Å². The fraction of sp³-hybridized carbons (Fsp3) is 0.125. The van der Waals surface area contributed by atoms with Gasteiger partial charge in [0.15, 0.2) is 11.5 Å². The van der Waals surface area contributed by atoms with Gasteiger partial charge in [0.05, 0.1) is 36.8 Å². The molecule has 0 aliphatic heterocycles. The maximum atomic E-state index is 9.07. The van der Waals surface area contributed by atoms with E-state index in [0.29, 0.717) is 39.8 Å². The molecule has 162 valence electrons. The second kappa shape index (κ2) is 9.08. The Kier molecular flexibility index (Phi) is 5.87. The Morgan fingerprint density at radius 3 is 2.61 bits per heavy atom. The molecule has 0 radical (unpaired) electrons. The number of imidazole rings is 1. The number of fused-ring (bicyclic) bond motifs is 1. The number of aryl methyl sites for hydroxylation is 1. The monoisotopic (exact) mass is 436 g/mol. The van der Waals surface area contributed by atoms with Gasteiger partial charge in [-0.3, -0.25) is 0 Å². The molecule has 2 aromatic heterocycles. The minimum Gasteiger partial charge on any atom is -0.495 e. The van der Waals surface area contributed by atoms with E-state index in [9.17, 15) is 0 Å². The van der Waals surface area contributed by atoms with Gasteiger partial charge in [-0.15, -0.1) is 0 Å². The number of H-pyrrole nitrogens is 1. The summed E-state index contributed by atoms with van der Waals surface area (Å²) >= 11 is 0. The zero-order valence-electron chi connectivity index (χ0n) is 18.3. The maximum absolute atomic E-state index is 9.07. The molecule has 0 spiro atoms. The summed E-state index contributed by atoms with van der Waals surface area (Å²) in [4.78, 5) is 16.4. The highest BCUT2D eigenvalue weighted by Gasteiger charge is 2.15. The largest absolute Gasteiger partial charge is 0.495 e. The van der Waals surface area contributed by atoms with Crippen LogP contribution in [0.25, 0.3) is 17.2 Å². The molecule has 4 rings (SSSR count). The first-order valence-corrected chi connectivity index (χ1v) is 10.0. The Morgan fingerprint density at radius 2 is 1.91 bits per heavy atom. The summed E-state index contributed by atoms with van der Waals surface area (Å²) < 4.78 is 5.61.